The molecule has 1 N–H and O–H groups in total. The molecule has 4 rings (SSSR count). The van der Waals surface area contributed by atoms with Crippen LogP contribution in [0.5, 0.6) is 5.75 Å². The highest BCUT2D eigenvalue weighted by Crippen LogP contribution is 2.36. The lowest BCUT2D eigenvalue weighted by Crippen LogP contribution is -2.25. The monoisotopic (exact) mass is 470 g/mol. The van der Waals surface area contributed by atoms with Gasteiger partial charge in [0.25, 0.3) is 0 Å². The third-order valence-electron chi connectivity index (χ3n) is 6.35. The number of carbonyl (C=O) groups excluding carboxylic acids is 1. The zero-order valence-corrected chi connectivity index (χ0v) is 18.7. The van der Waals surface area contributed by atoms with Crippen LogP contribution in [0.4, 0.5) is 13.2 Å². The van der Waals surface area contributed by atoms with Gasteiger partial charge < -0.3 is 14.6 Å². The number of methoxy groups -OCH3 is 1. The lowest BCUT2D eigenvalue weighted by molar-refractivity contribution is 0.0188. The van der Waals surface area contributed by atoms with Crippen LogP contribution < -0.4 is 4.74 Å². The van der Waals surface area contributed by atoms with E-state index >= 15 is 0 Å². The molecule has 1 fully saturated rings. The van der Waals surface area contributed by atoms with Crippen molar-refractivity contribution in [2.45, 2.75) is 44.3 Å². The van der Waals surface area contributed by atoms with Gasteiger partial charge in [-0.1, -0.05) is 36.4 Å². The van der Waals surface area contributed by atoms with Gasteiger partial charge in [0, 0.05) is 11.6 Å². The first kappa shape index (κ1) is 23.8. The molecule has 0 saturated heterocycles. The fourth-order valence-corrected chi connectivity index (χ4v) is 4.39. The van der Waals surface area contributed by atoms with Crippen molar-refractivity contribution in [3.63, 3.8) is 0 Å². The van der Waals surface area contributed by atoms with E-state index in [1.807, 2.05) is 0 Å². The largest absolute Gasteiger partial charge is 0.497 e. The van der Waals surface area contributed by atoms with Crippen LogP contribution in [0.1, 0.15) is 53.1 Å². The molecule has 7 heteroatoms. The average Bonchev–Trinajstić information content (AvgIpc) is 2.86. The second-order valence-electron chi connectivity index (χ2n) is 8.41. The summed E-state index contributed by atoms with van der Waals surface area (Å²) >= 11 is 0. The Hall–Kier alpha value is -3.32. The van der Waals surface area contributed by atoms with E-state index in [4.69, 9.17) is 14.6 Å². The maximum atomic E-state index is 14.7. The van der Waals surface area contributed by atoms with E-state index in [1.165, 1.54) is 25.3 Å². The van der Waals surface area contributed by atoms with E-state index in [2.05, 4.69) is 0 Å². The fourth-order valence-electron chi connectivity index (χ4n) is 4.39. The summed E-state index contributed by atoms with van der Waals surface area (Å²) in [7, 11) is 1.48. The minimum absolute atomic E-state index is 0.00783. The van der Waals surface area contributed by atoms with Crippen LogP contribution in [0.15, 0.2) is 54.6 Å². The minimum Gasteiger partial charge on any atom is -0.497 e. The van der Waals surface area contributed by atoms with Gasteiger partial charge in [0.15, 0.2) is 11.6 Å². The summed E-state index contributed by atoms with van der Waals surface area (Å²) < 4.78 is 54.3. The second kappa shape index (κ2) is 10.3. The highest BCUT2D eigenvalue weighted by Gasteiger charge is 2.28. The molecule has 0 spiro atoms. The van der Waals surface area contributed by atoms with Gasteiger partial charge in [0.05, 0.1) is 19.3 Å². The second-order valence-corrected chi connectivity index (χ2v) is 8.41. The zero-order valence-electron chi connectivity index (χ0n) is 18.7. The van der Waals surface area contributed by atoms with E-state index in [9.17, 15) is 18.0 Å². The molecule has 0 atom stereocenters. The van der Waals surface area contributed by atoms with Gasteiger partial charge in [-0.25, -0.2) is 18.0 Å². The first-order valence-corrected chi connectivity index (χ1v) is 11.1. The number of aliphatic hydroxyl groups is 1. The lowest BCUT2D eigenvalue weighted by atomic mass is 9.82. The van der Waals surface area contributed by atoms with Crippen molar-refractivity contribution in [2.75, 3.05) is 7.11 Å². The molecule has 3 aromatic carbocycles. The van der Waals surface area contributed by atoms with Crippen LogP contribution in [0, 0.1) is 17.5 Å². The molecular weight excluding hydrogens is 445 g/mol. The molecule has 1 aliphatic rings. The molecule has 0 bridgehead atoms. The highest BCUT2D eigenvalue weighted by atomic mass is 19.2. The topological polar surface area (TPSA) is 55.8 Å². The maximum absolute atomic E-state index is 14.7. The first-order chi connectivity index (χ1) is 16.4. The van der Waals surface area contributed by atoms with Crippen LogP contribution in [-0.4, -0.2) is 24.3 Å². The average molecular weight is 470 g/mol. The third kappa shape index (κ3) is 4.94. The molecule has 0 amide bonds. The summed E-state index contributed by atoms with van der Waals surface area (Å²) in [6, 6.07) is 13.7. The van der Waals surface area contributed by atoms with Crippen LogP contribution in [0.25, 0.3) is 11.1 Å². The van der Waals surface area contributed by atoms with Crippen LogP contribution in [0.2, 0.25) is 0 Å². The molecule has 0 aliphatic heterocycles. The predicted molar refractivity (Wildman–Crippen MR) is 121 cm³/mol. The molecular formula is C27H25F3O4. The van der Waals surface area contributed by atoms with Crippen molar-refractivity contribution >= 4 is 5.97 Å². The highest BCUT2D eigenvalue weighted by molar-refractivity contribution is 5.90. The molecule has 0 unspecified atom stereocenters. The van der Waals surface area contributed by atoms with Crippen molar-refractivity contribution in [1.29, 1.82) is 0 Å². The molecule has 1 saturated carbocycles. The van der Waals surface area contributed by atoms with E-state index in [-0.39, 0.29) is 23.9 Å². The first-order valence-electron chi connectivity index (χ1n) is 11.1. The standard InChI is InChI=1S/C27H25F3O4/c1-33-20-10-11-21(24(28)14-20)17-6-8-19(9-7-17)34-27(32)23-13-12-22(25(29)26(23)30)18-4-2-16(15-31)3-5-18/h2-5,10-14,17,19,31H,6-9,15H2,1H3. The number of carbonyl (C=O) groups is 1. The Morgan fingerprint density at radius 1 is 0.941 bits per heavy atom. The van der Waals surface area contributed by atoms with Gasteiger partial charge in [0.1, 0.15) is 17.7 Å². The summed E-state index contributed by atoms with van der Waals surface area (Å²) in [6.45, 7) is -0.154. The van der Waals surface area contributed by atoms with E-state index < -0.39 is 29.3 Å². The molecule has 4 nitrogen and oxygen atoms in total. The quantitative estimate of drug-likeness (QED) is 0.439. The Kier molecular flexibility index (Phi) is 7.22. The Balaban J connectivity index is 1.41. The number of rotatable bonds is 6. The summed E-state index contributed by atoms with van der Waals surface area (Å²) in [5, 5.41) is 9.13. The number of esters is 1. The Morgan fingerprint density at radius 2 is 1.65 bits per heavy atom. The number of benzene rings is 3. The molecule has 0 heterocycles. The van der Waals surface area contributed by atoms with Crippen molar-refractivity contribution in [3.05, 3.63) is 88.7 Å². The van der Waals surface area contributed by atoms with Gasteiger partial charge in [-0.3, -0.25) is 0 Å². The van der Waals surface area contributed by atoms with Crippen LogP contribution >= 0.6 is 0 Å². The third-order valence-corrected chi connectivity index (χ3v) is 6.35. The maximum Gasteiger partial charge on any atom is 0.341 e. The van der Waals surface area contributed by atoms with Crippen molar-refractivity contribution in [2.24, 2.45) is 0 Å². The number of hydrogen-bond donors (Lipinski definition) is 1. The summed E-state index contributed by atoms with van der Waals surface area (Å²) in [6.07, 6.45) is 1.78. The van der Waals surface area contributed by atoms with Gasteiger partial charge in [-0.05, 0) is 60.4 Å². The van der Waals surface area contributed by atoms with E-state index in [0.717, 1.165) is 0 Å². The van der Waals surface area contributed by atoms with Crippen molar-refractivity contribution < 1.29 is 32.5 Å². The zero-order chi connectivity index (χ0) is 24.2. The van der Waals surface area contributed by atoms with Gasteiger partial charge in [-0.2, -0.15) is 0 Å². The van der Waals surface area contributed by atoms with E-state index in [0.29, 0.717) is 48.1 Å². The van der Waals surface area contributed by atoms with Gasteiger partial charge in [0.2, 0.25) is 0 Å². The summed E-state index contributed by atoms with van der Waals surface area (Å²) in [5.74, 6) is -3.20. The number of aliphatic hydroxyl groups excluding tert-OH is 1. The van der Waals surface area contributed by atoms with Gasteiger partial charge >= 0.3 is 5.97 Å². The minimum atomic E-state index is -1.26. The Morgan fingerprint density at radius 3 is 2.26 bits per heavy atom. The number of hydrogen-bond acceptors (Lipinski definition) is 4. The molecule has 3 aromatic rings. The van der Waals surface area contributed by atoms with Crippen molar-refractivity contribution in [1.82, 2.24) is 0 Å². The number of halogens is 3. The SMILES string of the molecule is COc1ccc(C2CCC(OC(=O)c3ccc(-c4ccc(CO)cc4)c(F)c3F)CC2)c(F)c1. The Bertz CT molecular complexity index is 1170. The molecule has 0 radical (unpaired) electrons. The normalized spacial score (nSPS) is 17.9. The van der Waals surface area contributed by atoms with Crippen molar-refractivity contribution in [3.8, 4) is 16.9 Å². The number of ether oxygens (including phenoxy) is 2. The van der Waals surface area contributed by atoms with Crippen LogP contribution in [0.3, 0.4) is 0 Å². The molecule has 178 valence electrons. The van der Waals surface area contributed by atoms with Crippen LogP contribution in [-0.2, 0) is 11.3 Å². The molecule has 0 aromatic heterocycles. The van der Waals surface area contributed by atoms with Gasteiger partial charge in [-0.15, -0.1) is 0 Å². The summed E-state index contributed by atoms with van der Waals surface area (Å²) in [4.78, 5) is 12.6. The fraction of sp³-hybridized carbons (Fsp3) is 0.296. The lowest BCUT2D eigenvalue weighted by Gasteiger charge is -2.29. The molecule has 1 aliphatic carbocycles. The Labute approximate surface area is 196 Å². The predicted octanol–water partition coefficient (Wildman–Crippen LogP) is 6.16. The summed E-state index contributed by atoms with van der Waals surface area (Å²) in [5.41, 5.74) is 1.23. The smallest absolute Gasteiger partial charge is 0.341 e. The molecule has 34 heavy (non-hydrogen) atoms. The van der Waals surface area contributed by atoms with E-state index in [1.54, 1.807) is 36.4 Å².